The first kappa shape index (κ1) is 13.4. The summed E-state index contributed by atoms with van der Waals surface area (Å²) in [6, 6.07) is 9.72. The van der Waals surface area contributed by atoms with E-state index in [1.807, 2.05) is 18.2 Å². The molecule has 0 bridgehead atoms. The second kappa shape index (κ2) is 5.40. The first-order valence-electron chi connectivity index (χ1n) is 6.28. The molecule has 1 atom stereocenters. The molecule has 0 saturated heterocycles. The molecule has 0 radical (unpaired) electrons. The highest BCUT2D eigenvalue weighted by molar-refractivity contribution is 9.10. The van der Waals surface area contributed by atoms with Crippen LogP contribution in [0.25, 0.3) is 0 Å². The molecular formula is C15H12BrF2NO. The van der Waals surface area contributed by atoms with Crippen LogP contribution in [0.5, 0.6) is 5.75 Å². The van der Waals surface area contributed by atoms with Crippen molar-refractivity contribution in [2.45, 2.75) is 12.5 Å². The predicted molar refractivity (Wildman–Crippen MR) is 77.0 cm³/mol. The number of nitrogens with one attached hydrogen (secondary N) is 1. The van der Waals surface area contributed by atoms with Crippen LogP contribution >= 0.6 is 15.9 Å². The summed E-state index contributed by atoms with van der Waals surface area (Å²) in [5.41, 5.74) is 1.11. The quantitative estimate of drug-likeness (QED) is 0.858. The lowest BCUT2D eigenvalue weighted by atomic mass is 10.0. The van der Waals surface area contributed by atoms with Crippen molar-refractivity contribution in [3.63, 3.8) is 0 Å². The first-order valence-corrected chi connectivity index (χ1v) is 7.07. The molecule has 0 fully saturated rings. The maximum absolute atomic E-state index is 13.7. The summed E-state index contributed by atoms with van der Waals surface area (Å²) < 4.78 is 33.5. The Hall–Kier alpha value is -1.62. The van der Waals surface area contributed by atoms with Crippen LogP contribution in [0, 0.1) is 11.6 Å². The van der Waals surface area contributed by atoms with E-state index >= 15 is 0 Å². The first-order chi connectivity index (χ1) is 9.65. The van der Waals surface area contributed by atoms with Gasteiger partial charge in [-0.25, -0.2) is 8.78 Å². The maximum Gasteiger partial charge on any atom is 0.181 e. The van der Waals surface area contributed by atoms with Gasteiger partial charge in [-0.05, 0) is 30.3 Å². The van der Waals surface area contributed by atoms with E-state index in [2.05, 4.69) is 21.2 Å². The minimum Gasteiger partial charge on any atom is -0.493 e. The number of ether oxygens (including phenoxy) is 1. The lowest BCUT2D eigenvalue weighted by Crippen LogP contribution is -2.21. The Morgan fingerprint density at radius 1 is 1.20 bits per heavy atom. The van der Waals surface area contributed by atoms with Crippen LogP contribution in [0.15, 0.2) is 40.9 Å². The standard InChI is InChI=1S/C15H12BrF2NO/c16-9-4-5-14-10(8-9)12(6-7-20-14)19-13-3-1-2-11(17)15(13)18/h1-5,8,12,19H,6-7H2. The third kappa shape index (κ3) is 2.50. The molecule has 1 aliphatic heterocycles. The number of fused-ring (bicyclic) bond motifs is 1. The van der Waals surface area contributed by atoms with Crippen molar-refractivity contribution in [1.82, 2.24) is 0 Å². The molecule has 2 nitrogen and oxygen atoms in total. The van der Waals surface area contributed by atoms with Gasteiger partial charge in [-0.3, -0.25) is 0 Å². The molecular weight excluding hydrogens is 328 g/mol. The molecule has 1 N–H and O–H groups in total. The smallest absolute Gasteiger partial charge is 0.181 e. The molecule has 0 saturated carbocycles. The minimum atomic E-state index is -0.851. The number of halogens is 3. The van der Waals surface area contributed by atoms with Crippen molar-refractivity contribution in [1.29, 1.82) is 0 Å². The molecule has 5 heteroatoms. The highest BCUT2D eigenvalue weighted by Gasteiger charge is 2.23. The largest absolute Gasteiger partial charge is 0.493 e. The molecule has 0 aromatic heterocycles. The van der Waals surface area contributed by atoms with Gasteiger partial charge in [-0.2, -0.15) is 0 Å². The zero-order valence-corrected chi connectivity index (χ0v) is 12.1. The average molecular weight is 340 g/mol. The fourth-order valence-electron chi connectivity index (χ4n) is 2.32. The summed E-state index contributed by atoms with van der Waals surface area (Å²) >= 11 is 3.41. The van der Waals surface area contributed by atoms with Gasteiger partial charge in [0.25, 0.3) is 0 Å². The Balaban J connectivity index is 1.93. The third-order valence-electron chi connectivity index (χ3n) is 3.29. The Labute approximate surface area is 123 Å². The van der Waals surface area contributed by atoms with Crippen LogP contribution in [-0.4, -0.2) is 6.61 Å². The normalized spacial score (nSPS) is 17.2. The lowest BCUT2D eigenvalue weighted by molar-refractivity contribution is 0.274. The van der Waals surface area contributed by atoms with Gasteiger partial charge in [-0.15, -0.1) is 0 Å². The summed E-state index contributed by atoms with van der Waals surface area (Å²) in [6.45, 7) is 0.545. The topological polar surface area (TPSA) is 21.3 Å². The van der Waals surface area contributed by atoms with E-state index in [0.29, 0.717) is 13.0 Å². The molecule has 104 valence electrons. The van der Waals surface area contributed by atoms with Crippen LogP contribution in [0.4, 0.5) is 14.5 Å². The van der Waals surface area contributed by atoms with Crippen molar-refractivity contribution >= 4 is 21.6 Å². The van der Waals surface area contributed by atoms with Gasteiger partial charge in [0.2, 0.25) is 0 Å². The molecule has 2 aromatic carbocycles. The van der Waals surface area contributed by atoms with Crippen LogP contribution in [0.1, 0.15) is 18.0 Å². The molecule has 3 rings (SSSR count). The highest BCUT2D eigenvalue weighted by atomic mass is 79.9. The van der Waals surface area contributed by atoms with Crippen LogP contribution in [0.2, 0.25) is 0 Å². The summed E-state index contributed by atoms with van der Waals surface area (Å²) in [4.78, 5) is 0. The summed E-state index contributed by atoms with van der Waals surface area (Å²) in [5.74, 6) is -0.930. The molecule has 1 aliphatic rings. The SMILES string of the molecule is Fc1cccc(NC2CCOc3ccc(Br)cc32)c1F. The van der Waals surface area contributed by atoms with Crippen molar-refractivity contribution in [3.8, 4) is 5.75 Å². The van der Waals surface area contributed by atoms with Crippen molar-refractivity contribution in [2.75, 3.05) is 11.9 Å². The molecule has 2 aromatic rings. The lowest BCUT2D eigenvalue weighted by Gasteiger charge is -2.27. The number of rotatable bonds is 2. The van der Waals surface area contributed by atoms with Crippen LogP contribution in [-0.2, 0) is 0 Å². The van der Waals surface area contributed by atoms with Crippen molar-refractivity contribution < 1.29 is 13.5 Å². The fraction of sp³-hybridized carbons (Fsp3) is 0.200. The molecule has 0 amide bonds. The summed E-state index contributed by atoms with van der Waals surface area (Å²) in [5, 5.41) is 3.06. The van der Waals surface area contributed by atoms with Crippen LogP contribution < -0.4 is 10.1 Å². The van der Waals surface area contributed by atoms with E-state index < -0.39 is 11.6 Å². The summed E-state index contributed by atoms with van der Waals surface area (Å²) in [7, 11) is 0. The molecule has 20 heavy (non-hydrogen) atoms. The van der Waals surface area contributed by atoms with Gasteiger partial charge >= 0.3 is 0 Å². The van der Waals surface area contributed by atoms with E-state index in [-0.39, 0.29) is 11.7 Å². The molecule has 0 spiro atoms. The zero-order chi connectivity index (χ0) is 14.1. The maximum atomic E-state index is 13.7. The van der Waals surface area contributed by atoms with Gasteiger partial charge in [0.1, 0.15) is 5.75 Å². The second-order valence-corrected chi connectivity index (χ2v) is 5.53. The molecule has 1 heterocycles. The van der Waals surface area contributed by atoms with Gasteiger partial charge in [-0.1, -0.05) is 22.0 Å². The number of anilines is 1. The average Bonchev–Trinajstić information content (AvgIpc) is 2.44. The Morgan fingerprint density at radius 2 is 2.05 bits per heavy atom. The van der Waals surface area contributed by atoms with Gasteiger partial charge in [0.15, 0.2) is 11.6 Å². The molecule has 1 unspecified atom stereocenters. The monoisotopic (exact) mass is 339 g/mol. The Kier molecular flexibility index (Phi) is 3.61. The van der Waals surface area contributed by atoms with E-state index in [1.54, 1.807) is 0 Å². The van der Waals surface area contributed by atoms with E-state index in [4.69, 9.17) is 4.74 Å². The Bertz CT molecular complexity index is 648. The number of benzene rings is 2. The van der Waals surface area contributed by atoms with Gasteiger partial charge in [0, 0.05) is 16.5 Å². The third-order valence-corrected chi connectivity index (χ3v) is 3.79. The van der Waals surface area contributed by atoms with Gasteiger partial charge in [0.05, 0.1) is 18.3 Å². The molecule has 0 aliphatic carbocycles. The van der Waals surface area contributed by atoms with Gasteiger partial charge < -0.3 is 10.1 Å². The van der Waals surface area contributed by atoms with E-state index in [1.165, 1.54) is 12.1 Å². The van der Waals surface area contributed by atoms with Crippen molar-refractivity contribution in [3.05, 3.63) is 58.1 Å². The number of hydrogen-bond acceptors (Lipinski definition) is 2. The van der Waals surface area contributed by atoms with E-state index in [0.717, 1.165) is 21.9 Å². The number of hydrogen-bond donors (Lipinski definition) is 1. The zero-order valence-electron chi connectivity index (χ0n) is 10.5. The fourth-order valence-corrected chi connectivity index (χ4v) is 2.70. The Morgan fingerprint density at radius 3 is 2.90 bits per heavy atom. The second-order valence-electron chi connectivity index (χ2n) is 4.62. The van der Waals surface area contributed by atoms with E-state index in [9.17, 15) is 8.78 Å². The highest BCUT2D eigenvalue weighted by Crippen LogP contribution is 2.36. The predicted octanol–water partition coefficient (Wildman–Crippen LogP) is 4.66. The summed E-state index contributed by atoms with van der Waals surface area (Å²) in [6.07, 6.45) is 0.694. The van der Waals surface area contributed by atoms with Crippen LogP contribution in [0.3, 0.4) is 0 Å². The van der Waals surface area contributed by atoms with Crippen molar-refractivity contribution in [2.24, 2.45) is 0 Å². The minimum absolute atomic E-state index is 0.104.